The Hall–Kier alpha value is -1.07. The van der Waals surface area contributed by atoms with E-state index >= 15 is 0 Å². The van der Waals surface area contributed by atoms with Gasteiger partial charge in [-0.05, 0) is 36.1 Å². The normalized spacial score (nSPS) is 13.8. The van der Waals surface area contributed by atoms with Gasteiger partial charge in [0.2, 0.25) is 0 Å². The molecule has 0 heterocycles. The Labute approximate surface area is 89.3 Å². The fraction of sp³-hybridized carbons (Fsp3) is 0.400. The molecule has 0 amide bonds. The van der Waals surface area contributed by atoms with E-state index in [0.29, 0.717) is 5.56 Å². The average molecular weight is 230 g/mol. The smallest absolute Gasteiger partial charge is 0.294 e. The maximum Gasteiger partial charge on any atom is 0.294 e. The lowest BCUT2D eigenvalue weighted by Crippen LogP contribution is -2.00. The predicted octanol–water partition coefficient (Wildman–Crippen LogP) is 2.15. The minimum absolute atomic E-state index is 0.0479. The van der Waals surface area contributed by atoms with Crippen LogP contribution in [0, 0.1) is 0 Å². The Balaban J connectivity index is 3.29. The summed E-state index contributed by atoms with van der Waals surface area (Å²) in [5.41, 5.74) is 0.535. The van der Waals surface area contributed by atoms with Crippen LogP contribution in [-0.2, 0) is 10.1 Å². The van der Waals surface area contributed by atoms with Gasteiger partial charge in [-0.15, -0.1) is 0 Å². The molecule has 0 saturated carbocycles. The van der Waals surface area contributed by atoms with Crippen molar-refractivity contribution in [2.45, 2.75) is 31.1 Å². The molecule has 0 aromatic heterocycles. The van der Waals surface area contributed by atoms with Crippen molar-refractivity contribution in [3.05, 3.63) is 23.8 Å². The summed E-state index contributed by atoms with van der Waals surface area (Å²) in [7, 11) is -4.19. The third kappa shape index (κ3) is 2.70. The van der Waals surface area contributed by atoms with Crippen molar-refractivity contribution in [2.75, 3.05) is 0 Å². The molecular formula is C10H14O4S. The maximum atomic E-state index is 10.9. The SMILES string of the molecule is CCC(C)c1cc(S(=O)(=O)O)ccc1O. The van der Waals surface area contributed by atoms with Crippen LogP contribution in [0.5, 0.6) is 5.75 Å². The van der Waals surface area contributed by atoms with Gasteiger partial charge in [0.15, 0.2) is 0 Å². The first kappa shape index (κ1) is 12.0. The summed E-state index contributed by atoms with van der Waals surface area (Å²) >= 11 is 0. The van der Waals surface area contributed by atoms with Crippen LogP contribution in [0.1, 0.15) is 31.7 Å². The molecule has 0 aliphatic carbocycles. The molecule has 1 rings (SSSR count). The van der Waals surface area contributed by atoms with Crippen LogP contribution in [-0.4, -0.2) is 18.1 Å². The molecule has 5 heteroatoms. The molecule has 15 heavy (non-hydrogen) atoms. The summed E-state index contributed by atoms with van der Waals surface area (Å²) in [6, 6.07) is 3.76. The fourth-order valence-corrected chi connectivity index (χ4v) is 1.82. The van der Waals surface area contributed by atoms with E-state index in [4.69, 9.17) is 4.55 Å². The Morgan fingerprint density at radius 2 is 2.00 bits per heavy atom. The second kappa shape index (κ2) is 4.20. The molecule has 0 spiro atoms. The molecule has 1 unspecified atom stereocenters. The Morgan fingerprint density at radius 1 is 1.40 bits per heavy atom. The van der Waals surface area contributed by atoms with Crippen LogP contribution in [0.4, 0.5) is 0 Å². The number of benzene rings is 1. The van der Waals surface area contributed by atoms with E-state index in [1.807, 2.05) is 13.8 Å². The monoisotopic (exact) mass is 230 g/mol. The van der Waals surface area contributed by atoms with E-state index in [0.717, 1.165) is 6.42 Å². The summed E-state index contributed by atoms with van der Waals surface area (Å²) in [5, 5.41) is 9.53. The third-order valence-electron chi connectivity index (χ3n) is 2.44. The number of aromatic hydroxyl groups is 1. The van der Waals surface area contributed by atoms with E-state index < -0.39 is 10.1 Å². The molecule has 0 bridgehead atoms. The van der Waals surface area contributed by atoms with Gasteiger partial charge in [0.05, 0.1) is 4.90 Å². The van der Waals surface area contributed by atoms with Crippen molar-refractivity contribution in [1.82, 2.24) is 0 Å². The van der Waals surface area contributed by atoms with Crippen molar-refractivity contribution in [3.8, 4) is 5.75 Å². The molecule has 0 saturated heterocycles. The number of hydrogen-bond donors (Lipinski definition) is 2. The van der Waals surface area contributed by atoms with E-state index in [1.165, 1.54) is 18.2 Å². The summed E-state index contributed by atoms with van der Waals surface area (Å²) < 4.78 is 30.6. The van der Waals surface area contributed by atoms with Crippen molar-refractivity contribution >= 4 is 10.1 Å². The molecule has 2 N–H and O–H groups in total. The van der Waals surface area contributed by atoms with Crippen LogP contribution in [0.3, 0.4) is 0 Å². The van der Waals surface area contributed by atoms with Crippen molar-refractivity contribution < 1.29 is 18.1 Å². The van der Waals surface area contributed by atoms with Crippen LogP contribution >= 0.6 is 0 Å². The number of phenolic OH excluding ortho intramolecular Hbond substituents is 1. The molecule has 1 atom stereocenters. The molecule has 1 aromatic rings. The van der Waals surface area contributed by atoms with Crippen molar-refractivity contribution in [2.24, 2.45) is 0 Å². The van der Waals surface area contributed by atoms with Gasteiger partial charge in [0, 0.05) is 0 Å². The van der Waals surface area contributed by atoms with Gasteiger partial charge in [-0.25, -0.2) is 0 Å². The van der Waals surface area contributed by atoms with E-state index in [-0.39, 0.29) is 16.6 Å². The molecule has 4 nitrogen and oxygen atoms in total. The minimum Gasteiger partial charge on any atom is -0.508 e. The maximum absolute atomic E-state index is 10.9. The summed E-state index contributed by atoms with van der Waals surface area (Å²) in [6.45, 7) is 3.81. The van der Waals surface area contributed by atoms with Crippen molar-refractivity contribution in [1.29, 1.82) is 0 Å². The van der Waals surface area contributed by atoms with Gasteiger partial charge in [0.25, 0.3) is 10.1 Å². The largest absolute Gasteiger partial charge is 0.508 e. The fourth-order valence-electron chi connectivity index (χ4n) is 1.31. The van der Waals surface area contributed by atoms with E-state index in [1.54, 1.807) is 0 Å². The summed E-state index contributed by atoms with van der Waals surface area (Å²) in [6.07, 6.45) is 0.780. The lowest BCUT2D eigenvalue weighted by Gasteiger charge is -2.11. The molecule has 0 radical (unpaired) electrons. The van der Waals surface area contributed by atoms with Gasteiger partial charge >= 0.3 is 0 Å². The molecule has 1 aromatic carbocycles. The number of rotatable bonds is 3. The second-order valence-corrected chi connectivity index (χ2v) is 4.93. The summed E-state index contributed by atoms with van der Waals surface area (Å²) in [4.78, 5) is -0.185. The van der Waals surface area contributed by atoms with Gasteiger partial charge in [0.1, 0.15) is 5.75 Å². The first-order valence-electron chi connectivity index (χ1n) is 4.66. The highest BCUT2D eigenvalue weighted by atomic mass is 32.2. The Bertz CT molecular complexity index is 450. The van der Waals surface area contributed by atoms with Crippen LogP contribution < -0.4 is 0 Å². The van der Waals surface area contributed by atoms with Crippen LogP contribution in [0.25, 0.3) is 0 Å². The molecule has 84 valence electrons. The second-order valence-electron chi connectivity index (χ2n) is 3.50. The molecule has 0 aliphatic heterocycles. The highest BCUT2D eigenvalue weighted by Gasteiger charge is 2.15. The van der Waals surface area contributed by atoms with Crippen LogP contribution in [0.2, 0.25) is 0 Å². The third-order valence-corrected chi connectivity index (χ3v) is 3.29. The summed E-state index contributed by atoms with van der Waals surface area (Å²) in [5.74, 6) is 0.100. The van der Waals surface area contributed by atoms with E-state index in [9.17, 15) is 13.5 Å². The highest BCUT2D eigenvalue weighted by molar-refractivity contribution is 7.85. The molecule has 0 aliphatic rings. The van der Waals surface area contributed by atoms with Crippen molar-refractivity contribution in [3.63, 3.8) is 0 Å². The molecular weight excluding hydrogens is 216 g/mol. The van der Waals surface area contributed by atoms with Gasteiger partial charge in [-0.1, -0.05) is 13.8 Å². The Morgan fingerprint density at radius 3 is 2.47 bits per heavy atom. The van der Waals surface area contributed by atoms with E-state index in [2.05, 4.69) is 0 Å². The van der Waals surface area contributed by atoms with Gasteiger partial charge in [-0.3, -0.25) is 4.55 Å². The number of hydrogen-bond acceptors (Lipinski definition) is 3. The standard InChI is InChI=1S/C10H14O4S/c1-3-7(2)9-6-8(15(12,13)14)4-5-10(9)11/h4-7,11H,3H2,1-2H3,(H,12,13,14). The zero-order chi connectivity index (χ0) is 11.6. The van der Waals surface area contributed by atoms with Gasteiger partial charge < -0.3 is 5.11 Å². The van der Waals surface area contributed by atoms with Crippen LogP contribution in [0.15, 0.2) is 23.1 Å². The quantitative estimate of drug-likeness (QED) is 0.780. The zero-order valence-corrected chi connectivity index (χ0v) is 9.45. The zero-order valence-electron chi connectivity index (χ0n) is 8.64. The molecule has 0 fully saturated rings. The Kier molecular flexibility index (Phi) is 3.36. The minimum atomic E-state index is -4.19. The average Bonchev–Trinajstić information content (AvgIpc) is 2.15. The lowest BCUT2D eigenvalue weighted by molar-refractivity contribution is 0.459. The predicted molar refractivity (Wildman–Crippen MR) is 56.6 cm³/mol. The number of phenols is 1. The topological polar surface area (TPSA) is 74.6 Å². The lowest BCUT2D eigenvalue weighted by atomic mass is 9.98. The van der Waals surface area contributed by atoms with Gasteiger partial charge in [-0.2, -0.15) is 8.42 Å². The first-order valence-corrected chi connectivity index (χ1v) is 6.10. The first-order chi connectivity index (χ1) is 6.86. The highest BCUT2D eigenvalue weighted by Crippen LogP contribution is 2.29.